The normalized spacial score (nSPS) is 9.18. The SMILES string of the molecule is O=C(NCc1ccccc1)c1ccccc1.[H-].[Li+]. The van der Waals surface area contributed by atoms with Gasteiger partial charge in [0.2, 0.25) is 0 Å². The Morgan fingerprint density at radius 1 is 0.941 bits per heavy atom. The summed E-state index contributed by atoms with van der Waals surface area (Å²) in [5.74, 6) is -0.0375. The summed E-state index contributed by atoms with van der Waals surface area (Å²) in [7, 11) is 0. The van der Waals surface area contributed by atoms with Crippen LogP contribution in [0.3, 0.4) is 0 Å². The van der Waals surface area contributed by atoms with E-state index in [-0.39, 0.29) is 26.2 Å². The van der Waals surface area contributed by atoms with Crippen LogP contribution in [0, 0.1) is 0 Å². The largest absolute Gasteiger partial charge is 1.00 e. The molecule has 0 unspecified atom stereocenters. The van der Waals surface area contributed by atoms with Gasteiger partial charge in [-0.2, -0.15) is 0 Å². The molecule has 0 aromatic heterocycles. The molecule has 1 amide bonds. The van der Waals surface area contributed by atoms with Gasteiger partial charge in [-0.3, -0.25) is 4.79 Å². The van der Waals surface area contributed by atoms with Crippen LogP contribution in [0.5, 0.6) is 0 Å². The molecular weight excluding hydrogens is 205 g/mol. The maximum absolute atomic E-state index is 11.7. The summed E-state index contributed by atoms with van der Waals surface area (Å²) in [6.07, 6.45) is 0. The minimum absolute atomic E-state index is 0. The number of nitrogens with one attached hydrogen (secondary N) is 1. The molecule has 2 nitrogen and oxygen atoms in total. The molecule has 0 heterocycles. The monoisotopic (exact) mass is 219 g/mol. The van der Waals surface area contributed by atoms with Crippen molar-refractivity contribution >= 4 is 5.91 Å². The Labute approximate surface area is 115 Å². The van der Waals surface area contributed by atoms with E-state index in [0.29, 0.717) is 12.1 Å². The van der Waals surface area contributed by atoms with Crippen LogP contribution in [0.15, 0.2) is 60.7 Å². The second-order valence-corrected chi connectivity index (χ2v) is 3.53. The molecule has 0 aliphatic rings. The molecule has 17 heavy (non-hydrogen) atoms. The van der Waals surface area contributed by atoms with Crippen LogP contribution >= 0.6 is 0 Å². The molecule has 1 N–H and O–H groups in total. The fourth-order valence-electron chi connectivity index (χ4n) is 1.47. The zero-order chi connectivity index (χ0) is 11.2. The van der Waals surface area contributed by atoms with Gasteiger partial charge < -0.3 is 6.74 Å². The van der Waals surface area contributed by atoms with Crippen LogP contribution in [0.2, 0.25) is 0 Å². The topological polar surface area (TPSA) is 29.1 Å². The predicted molar refractivity (Wildman–Crippen MR) is 65.2 cm³/mol. The number of hydrogen-bond acceptors (Lipinski definition) is 1. The maximum atomic E-state index is 11.7. The summed E-state index contributed by atoms with van der Waals surface area (Å²) < 4.78 is 0. The van der Waals surface area contributed by atoms with Crippen molar-refractivity contribution in [2.45, 2.75) is 6.54 Å². The first-order valence-corrected chi connectivity index (χ1v) is 5.23. The van der Waals surface area contributed by atoms with Crippen molar-refractivity contribution in [2.24, 2.45) is 0 Å². The van der Waals surface area contributed by atoms with Crippen LogP contribution in [0.25, 0.3) is 0 Å². The van der Waals surface area contributed by atoms with Gasteiger partial charge in [-0.15, -0.1) is 0 Å². The smallest absolute Gasteiger partial charge is 1.00 e. The molecule has 0 fully saturated rings. The molecule has 0 radical (unpaired) electrons. The number of hydrogen-bond donors (Lipinski definition) is 1. The number of rotatable bonds is 3. The van der Waals surface area contributed by atoms with Crippen molar-refractivity contribution in [3.05, 3.63) is 71.8 Å². The number of amides is 1. The quantitative estimate of drug-likeness (QED) is 0.708. The average molecular weight is 219 g/mol. The van der Waals surface area contributed by atoms with Gasteiger partial charge >= 0.3 is 18.9 Å². The summed E-state index contributed by atoms with van der Waals surface area (Å²) in [6.45, 7) is 0.564. The molecule has 2 aromatic carbocycles. The van der Waals surface area contributed by atoms with Crippen molar-refractivity contribution in [1.29, 1.82) is 0 Å². The molecule has 0 saturated carbocycles. The van der Waals surface area contributed by atoms with Gasteiger partial charge in [0.05, 0.1) is 0 Å². The number of benzene rings is 2. The summed E-state index contributed by atoms with van der Waals surface area (Å²) in [5, 5.41) is 2.88. The molecule has 0 bridgehead atoms. The average Bonchev–Trinajstić information content (AvgIpc) is 2.38. The Kier molecular flexibility index (Phi) is 5.55. The second kappa shape index (κ2) is 6.96. The summed E-state index contributed by atoms with van der Waals surface area (Å²) in [4.78, 5) is 11.7. The molecule has 0 atom stereocenters. The third-order valence-electron chi connectivity index (χ3n) is 2.33. The Hall–Kier alpha value is -1.49. The minimum atomic E-state index is -0.0375. The summed E-state index contributed by atoms with van der Waals surface area (Å²) in [6, 6.07) is 19.1. The molecule has 2 aromatic rings. The zero-order valence-electron chi connectivity index (χ0n) is 10.9. The van der Waals surface area contributed by atoms with Crippen LogP contribution in [-0.2, 0) is 6.54 Å². The fourth-order valence-corrected chi connectivity index (χ4v) is 1.47. The van der Waals surface area contributed by atoms with Crippen molar-refractivity contribution in [1.82, 2.24) is 5.32 Å². The Morgan fingerprint density at radius 3 is 2.06 bits per heavy atom. The van der Waals surface area contributed by atoms with Crippen molar-refractivity contribution in [3.63, 3.8) is 0 Å². The summed E-state index contributed by atoms with van der Waals surface area (Å²) >= 11 is 0. The molecule has 3 heteroatoms. The van der Waals surface area contributed by atoms with Crippen LogP contribution in [0.4, 0.5) is 0 Å². The van der Waals surface area contributed by atoms with Crippen LogP contribution in [0.1, 0.15) is 17.3 Å². The third-order valence-corrected chi connectivity index (χ3v) is 2.33. The van der Waals surface area contributed by atoms with E-state index < -0.39 is 0 Å². The Morgan fingerprint density at radius 2 is 1.47 bits per heavy atom. The molecular formula is C14H14LiNO. The van der Waals surface area contributed by atoms with Gasteiger partial charge in [0.15, 0.2) is 0 Å². The first-order valence-electron chi connectivity index (χ1n) is 5.23. The third kappa shape index (κ3) is 4.11. The molecule has 0 aliphatic heterocycles. The first kappa shape index (κ1) is 13.6. The van der Waals surface area contributed by atoms with E-state index in [1.165, 1.54) is 0 Å². The number of carbonyl (C=O) groups excluding carboxylic acids is 1. The van der Waals surface area contributed by atoms with E-state index in [2.05, 4.69) is 5.32 Å². The first-order chi connectivity index (χ1) is 7.86. The maximum Gasteiger partial charge on any atom is 1.00 e. The van der Waals surface area contributed by atoms with Gasteiger partial charge in [-0.05, 0) is 17.7 Å². The zero-order valence-corrected chi connectivity index (χ0v) is 9.89. The molecule has 0 aliphatic carbocycles. The van der Waals surface area contributed by atoms with Gasteiger partial charge in [0, 0.05) is 12.1 Å². The molecule has 0 spiro atoms. The van der Waals surface area contributed by atoms with E-state index >= 15 is 0 Å². The van der Waals surface area contributed by atoms with Crippen LogP contribution < -0.4 is 24.2 Å². The minimum Gasteiger partial charge on any atom is -1.00 e. The van der Waals surface area contributed by atoms with Gasteiger partial charge in [0.1, 0.15) is 0 Å². The van der Waals surface area contributed by atoms with Crippen molar-refractivity contribution < 1.29 is 25.1 Å². The Bertz CT molecular complexity index is 462. The van der Waals surface area contributed by atoms with E-state index in [0.717, 1.165) is 5.56 Å². The van der Waals surface area contributed by atoms with Gasteiger partial charge in [0.25, 0.3) is 5.91 Å². The van der Waals surface area contributed by atoms with Gasteiger partial charge in [-0.25, -0.2) is 0 Å². The molecule has 0 saturated heterocycles. The number of carbonyl (C=O) groups is 1. The van der Waals surface area contributed by atoms with Gasteiger partial charge in [-0.1, -0.05) is 48.5 Å². The fraction of sp³-hybridized carbons (Fsp3) is 0.0714. The standard InChI is InChI=1S/C14H13NO.Li.H/c16-14(13-9-5-2-6-10-13)15-11-12-7-3-1-4-8-12;;/h1-10H,11H2,(H,15,16);;/q;+1;-1. The predicted octanol–water partition coefficient (Wildman–Crippen LogP) is -0.267. The molecule has 82 valence electrons. The molecule has 2 rings (SSSR count). The van der Waals surface area contributed by atoms with E-state index in [1.807, 2.05) is 48.5 Å². The van der Waals surface area contributed by atoms with Crippen LogP contribution in [-0.4, -0.2) is 5.91 Å². The Balaban J connectivity index is 0.00000144. The summed E-state index contributed by atoms with van der Waals surface area (Å²) in [5.41, 5.74) is 1.80. The van der Waals surface area contributed by atoms with E-state index in [4.69, 9.17) is 0 Å². The van der Waals surface area contributed by atoms with E-state index in [9.17, 15) is 4.79 Å². The van der Waals surface area contributed by atoms with E-state index in [1.54, 1.807) is 12.1 Å². The second-order valence-electron chi connectivity index (χ2n) is 3.53. The van der Waals surface area contributed by atoms with Crippen molar-refractivity contribution in [3.8, 4) is 0 Å². The van der Waals surface area contributed by atoms with Crippen molar-refractivity contribution in [2.75, 3.05) is 0 Å².